The number of carbonyl (C=O) groups is 1. The normalized spacial score (nSPS) is 15.2. The molecule has 2 atom stereocenters. The highest BCUT2D eigenvalue weighted by molar-refractivity contribution is 6.89. The highest BCUT2D eigenvalue weighted by Crippen LogP contribution is 2.27. The summed E-state index contributed by atoms with van der Waals surface area (Å²) in [6.07, 6.45) is 0.978. The molecule has 2 unspecified atom stereocenters. The van der Waals surface area contributed by atoms with Gasteiger partial charge in [0.2, 0.25) is 0 Å². The minimum absolute atomic E-state index is 0. The second kappa shape index (κ2) is 14.9. The third-order valence-corrected chi connectivity index (χ3v) is 16.9. The van der Waals surface area contributed by atoms with Crippen LogP contribution in [-0.2, 0) is 26.6 Å². The van der Waals surface area contributed by atoms with Gasteiger partial charge >= 0.3 is 23.1 Å². The van der Waals surface area contributed by atoms with Gasteiger partial charge < -0.3 is 26.9 Å². The quantitative estimate of drug-likeness (QED) is 0.138. The van der Waals surface area contributed by atoms with E-state index in [1.807, 2.05) is 0 Å². The van der Waals surface area contributed by atoms with Gasteiger partial charge in [0, 0.05) is 12.7 Å². The Morgan fingerprint density at radius 2 is 1.42 bits per heavy atom. The lowest BCUT2D eigenvalue weighted by atomic mass is 10.4. The molecule has 0 fully saturated rings. The Morgan fingerprint density at radius 1 is 0.903 bits per heavy atom. The molecular weight excluding hydrogens is 465 g/mol. The molecule has 0 aromatic heterocycles. The van der Waals surface area contributed by atoms with Crippen molar-refractivity contribution >= 4 is 39.7 Å². The Balaban J connectivity index is -0.00000392. The fraction of sp³-hybridized carbons (Fsp3) is 0.850. The Kier molecular flexibility index (Phi) is 17.1. The van der Waals surface area contributed by atoms with Gasteiger partial charge in [-0.1, -0.05) is 21.4 Å². The summed E-state index contributed by atoms with van der Waals surface area (Å²) < 4.78 is 29.8. The van der Waals surface area contributed by atoms with Crippen LogP contribution in [0.3, 0.4) is 0 Å². The highest BCUT2D eigenvalue weighted by atomic mass is 28.5. The molecule has 0 saturated heterocycles. The smallest absolute Gasteiger partial charge is 0.330 e. The number of ether oxygens (including phenoxy) is 2. The molecule has 0 radical (unpaired) electrons. The van der Waals surface area contributed by atoms with Gasteiger partial charge in [0.15, 0.2) is 16.6 Å². The summed E-state index contributed by atoms with van der Waals surface area (Å²) in [4.78, 5) is 11.0. The van der Waals surface area contributed by atoms with Crippen LogP contribution in [-0.4, -0.2) is 70.8 Å². The topological polar surface area (TPSA) is 83.5 Å². The van der Waals surface area contributed by atoms with Crippen LogP contribution in [0.4, 0.5) is 0 Å². The van der Waals surface area contributed by atoms with Crippen LogP contribution >= 0.6 is 0 Å². The highest BCUT2D eigenvalue weighted by Gasteiger charge is 2.44. The van der Waals surface area contributed by atoms with Crippen LogP contribution in [0.15, 0.2) is 12.7 Å². The van der Waals surface area contributed by atoms with Crippen molar-refractivity contribution < 1.29 is 31.7 Å². The van der Waals surface area contributed by atoms with Crippen LogP contribution in [0.2, 0.25) is 65.0 Å². The maximum atomic E-state index is 11.0. The van der Waals surface area contributed by atoms with E-state index in [9.17, 15) is 9.90 Å². The minimum atomic E-state index is -2.43. The lowest BCUT2D eigenvalue weighted by Crippen LogP contribution is -2.56. The monoisotopic (exact) mass is 514 g/mol. The van der Waals surface area contributed by atoms with E-state index in [0.29, 0.717) is 6.61 Å². The van der Waals surface area contributed by atoms with Crippen molar-refractivity contribution in [1.29, 1.82) is 0 Å². The summed E-state index contributed by atoms with van der Waals surface area (Å²) in [6.45, 7) is 23.2. The molecule has 0 heterocycles. The van der Waals surface area contributed by atoms with Crippen molar-refractivity contribution in [3.63, 3.8) is 0 Å². The predicted octanol–water partition coefficient (Wildman–Crippen LogP) is 5.25. The molecule has 0 aromatic rings. The Hall–Kier alpha value is -0.122. The van der Waals surface area contributed by atoms with Crippen molar-refractivity contribution in [1.82, 2.24) is 0 Å². The van der Waals surface area contributed by atoms with Gasteiger partial charge in [-0.2, -0.15) is 0 Å². The minimum Gasteiger partial charge on any atom is -0.460 e. The lowest BCUT2D eigenvalue weighted by Gasteiger charge is -2.41. The zero-order chi connectivity index (χ0) is 22.9. The molecule has 0 spiro atoms. The fourth-order valence-corrected chi connectivity index (χ4v) is 21.0. The van der Waals surface area contributed by atoms with Gasteiger partial charge in [0.25, 0.3) is 0 Å². The molecule has 1 N–H and O–H groups in total. The maximum absolute atomic E-state index is 11.0. The van der Waals surface area contributed by atoms with Crippen LogP contribution in [0, 0.1) is 0 Å². The average Bonchev–Trinajstić information content (AvgIpc) is 2.46. The predicted molar refractivity (Wildman–Crippen MR) is 140 cm³/mol. The van der Waals surface area contributed by atoms with Crippen molar-refractivity contribution in [3.8, 4) is 0 Å². The molecule has 7 nitrogen and oxygen atoms in total. The van der Waals surface area contributed by atoms with Crippen molar-refractivity contribution in [2.75, 3.05) is 19.8 Å². The molecule has 0 saturated carbocycles. The van der Waals surface area contributed by atoms with E-state index in [1.165, 1.54) is 0 Å². The van der Waals surface area contributed by atoms with Gasteiger partial charge in [-0.25, -0.2) is 4.79 Å². The summed E-state index contributed by atoms with van der Waals surface area (Å²) in [7, 11) is -8.23. The van der Waals surface area contributed by atoms with Gasteiger partial charge in [-0.05, 0) is 71.4 Å². The number of aliphatic hydroxyl groups is 1. The van der Waals surface area contributed by atoms with E-state index in [1.54, 1.807) is 0 Å². The molecule has 11 heteroatoms. The van der Waals surface area contributed by atoms with Crippen LogP contribution < -0.4 is 0 Å². The van der Waals surface area contributed by atoms with E-state index in [-0.39, 0.29) is 28.1 Å². The van der Waals surface area contributed by atoms with E-state index < -0.39 is 45.8 Å². The third-order valence-electron chi connectivity index (χ3n) is 3.35. The maximum Gasteiger partial charge on any atom is 0.330 e. The van der Waals surface area contributed by atoms with E-state index in [0.717, 1.165) is 18.5 Å². The molecule has 0 aliphatic carbocycles. The molecule has 188 valence electrons. The molecule has 0 aromatic carbocycles. The van der Waals surface area contributed by atoms with Crippen LogP contribution in [0.5, 0.6) is 0 Å². The molecular formula is C20H50O7Si4. The van der Waals surface area contributed by atoms with Crippen molar-refractivity contribution in [2.45, 2.75) is 92.3 Å². The molecule has 0 bridgehead atoms. The van der Waals surface area contributed by atoms with Gasteiger partial charge in [-0.3, -0.25) is 0 Å². The lowest BCUT2D eigenvalue weighted by molar-refractivity contribution is -0.141. The number of rotatable bonds is 15. The Bertz CT molecular complexity index is 519. The zero-order valence-corrected chi connectivity index (χ0v) is 23.8. The SMILES string of the molecule is C.C.C=CC(=O)OCC(O)COCCC[Si](C)(O[Si](C)(C)C)O[Si](C)(C)O[Si](C)(C)C. The molecule has 0 rings (SSSR count). The number of esters is 1. The standard InChI is InChI=1S/C18H42O7Si4.2CH4/c1-11-18(20)22-16-17(19)15-21-13-12-14-29(10,24-27(5,6)7)25-28(8,9)23-26(2,3)4;;/h11,17,19H,1,12-16H2,2-10H3;2*1H4. The van der Waals surface area contributed by atoms with Gasteiger partial charge in [0.1, 0.15) is 12.7 Å². The Morgan fingerprint density at radius 3 is 1.87 bits per heavy atom. The number of hydrogen-bond donors (Lipinski definition) is 1. The summed E-state index contributed by atoms with van der Waals surface area (Å²) >= 11 is 0. The average molecular weight is 515 g/mol. The second-order valence-electron chi connectivity index (χ2n) is 9.73. The number of aliphatic hydroxyl groups excluding tert-OH is 1. The number of hydrogen-bond acceptors (Lipinski definition) is 7. The first-order chi connectivity index (χ1) is 13.0. The molecule has 0 aliphatic rings. The summed E-state index contributed by atoms with van der Waals surface area (Å²) in [5.74, 6) is -0.557. The first-order valence-corrected chi connectivity index (χ1v) is 22.3. The second-order valence-corrected chi connectivity index (χ2v) is 26.2. The number of carbonyl (C=O) groups excluding carboxylic acids is 1. The van der Waals surface area contributed by atoms with Crippen molar-refractivity contribution in [3.05, 3.63) is 12.7 Å². The van der Waals surface area contributed by atoms with E-state index in [2.05, 4.69) is 65.5 Å². The van der Waals surface area contributed by atoms with E-state index in [4.69, 9.17) is 21.8 Å². The van der Waals surface area contributed by atoms with Crippen LogP contribution in [0.25, 0.3) is 0 Å². The van der Waals surface area contributed by atoms with Gasteiger partial charge in [0.05, 0.1) is 6.61 Å². The first-order valence-electron chi connectivity index (χ1n) is 10.1. The summed E-state index contributed by atoms with van der Waals surface area (Å²) in [5.41, 5.74) is 0. The summed E-state index contributed by atoms with van der Waals surface area (Å²) in [5, 5.41) is 9.79. The zero-order valence-electron chi connectivity index (χ0n) is 19.8. The fourth-order valence-electron chi connectivity index (χ4n) is 3.05. The largest absolute Gasteiger partial charge is 0.460 e. The van der Waals surface area contributed by atoms with Crippen molar-refractivity contribution in [2.24, 2.45) is 0 Å². The Labute approximate surface area is 196 Å². The molecule has 0 aliphatic heterocycles. The summed E-state index contributed by atoms with van der Waals surface area (Å²) in [6, 6.07) is 0.796. The third kappa shape index (κ3) is 20.2. The van der Waals surface area contributed by atoms with Gasteiger partial charge in [-0.15, -0.1) is 0 Å². The molecule has 0 amide bonds. The van der Waals surface area contributed by atoms with E-state index >= 15 is 0 Å². The van der Waals surface area contributed by atoms with Crippen LogP contribution in [0.1, 0.15) is 21.3 Å². The molecule has 31 heavy (non-hydrogen) atoms. The first kappa shape index (κ1) is 35.5.